The van der Waals surface area contributed by atoms with E-state index in [0.717, 1.165) is 6.07 Å². The van der Waals surface area contributed by atoms with Crippen LogP contribution in [-0.2, 0) is 23.9 Å². The van der Waals surface area contributed by atoms with Crippen LogP contribution in [0, 0.1) is 17.5 Å². The first kappa shape index (κ1) is 23.9. The number of epoxide rings is 1. The molecular formula is C22H15ClF6O3S. The van der Waals surface area contributed by atoms with E-state index in [1.807, 2.05) is 0 Å². The minimum atomic E-state index is -4.73. The molecule has 2 atom stereocenters. The van der Waals surface area contributed by atoms with Crippen molar-refractivity contribution in [1.82, 2.24) is 0 Å². The molecule has 33 heavy (non-hydrogen) atoms. The second-order valence-corrected chi connectivity index (χ2v) is 8.64. The number of ether oxygens (including phenoxy) is 2. The van der Waals surface area contributed by atoms with Gasteiger partial charge in [0.1, 0.15) is 17.6 Å². The lowest BCUT2D eigenvalue weighted by molar-refractivity contribution is -0.135. The van der Waals surface area contributed by atoms with Gasteiger partial charge in [0.05, 0.1) is 0 Å². The lowest BCUT2D eigenvalue weighted by Crippen LogP contribution is -2.10. The summed E-state index contributed by atoms with van der Waals surface area (Å²) >= 11 is 6.25. The zero-order valence-corrected chi connectivity index (χ0v) is 18.1. The highest BCUT2D eigenvalue weighted by Gasteiger charge is 2.38. The van der Waals surface area contributed by atoms with Gasteiger partial charge in [-0.25, -0.2) is 8.78 Å². The molecule has 11 heteroatoms. The third-order valence-corrected chi connectivity index (χ3v) is 6.43. The third-order valence-electron chi connectivity index (χ3n) is 5.11. The molecule has 0 amide bonds. The van der Waals surface area contributed by atoms with E-state index in [-0.39, 0.29) is 29.5 Å². The van der Waals surface area contributed by atoms with Crippen molar-refractivity contribution in [2.24, 2.45) is 0 Å². The third kappa shape index (κ3) is 5.13. The molecule has 4 rings (SSSR count). The number of halogens is 7. The Morgan fingerprint density at radius 1 is 1.09 bits per heavy atom. The molecular weight excluding hydrogens is 494 g/mol. The molecule has 3 aromatic rings. The van der Waals surface area contributed by atoms with Crippen molar-refractivity contribution < 1.29 is 40.9 Å². The van der Waals surface area contributed by atoms with E-state index in [9.17, 15) is 26.3 Å². The number of thiophene rings is 1. The van der Waals surface area contributed by atoms with Crippen LogP contribution in [0.4, 0.5) is 26.3 Å². The number of aryl methyl sites for hydroxylation is 1. The molecule has 176 valence electrons. The standard InChI is InChI=1S/C22H15ClF6O3S/c23-12-4-1-10(2-5-12)14-9-33-20(22(27,28)29)13(14)8-31-19-15(24)7-11(17(25)18(19)26)3-6-16-21(30)32-16/h1-2,4-5,7,9,16,21,30H,3,6,8H2. The number of benzene rings is 2. The Morgan fingerprint density at radius 3 is 2.36 bits per heavy atom. The molecule has 1 fully saturated rings. The fraction of sp³-hybridized carbons (Fsp3) is 0.273. The highest BCUT2D eigenvalue weighted by molar-refractivity contribution is 7.10. The van der Waals surface area contributed by atoms with Crippen LogP contribution >= 0.6 is 22.9 Å². The zero-order valence-electron chi connectivity index (χ0n) is 16.6. The lowest BCUT2D eigenvalue weighted by atomic mass is 10.0. The summed E-state index contributed by atoms with van der Waals surface area (Å²) in [5, 5.41) is 10.8. The van der Waals surface area contributed by atoms with Gasteiger partial charge in [-0.15, -0.1) is 11.3 Å². The van der Waals surface area contributed by atoms with Crippen molar-refractivity contribution in [3.8, 4) is 16.9 Å². The highest BCUT2D eigenvalue weighted by atomic mass is 35.5. The molecule has 2 unspecified atom stereocenters. The summed E-state index contributed by atoms with van der Waals surface area (Å²) in [5.41, 5.74) is -0.0759. The number of aliphatic hydroxyl groups is 1. The Balaban J connectivity index is 1.61. The fourth-order valence-corrected chi connectivity index (χ4v) is 4.45. The van der Waals surface area contributed by atoms with Crippen molar-refractivity contribution in [3.63, 3.8) is 0 Å². The van der Waals surface area contributed by atoms with Gasteiger partial charge in [-0.3, -0.25) is 0 Å². The molecule has 1 aliphatic heterocycles. The molecule has 3 nitrogen and oxygen atoms in total. The quantitative estimate of drug-likeness (QED) is 0.218. The van der Waals surface area contributed by atoms with Crippen LogP contribution in [0.5, 0.6) is 5.75 Å². The molecule has 1 saturated heterocycles. The van der Waals surface area contributed by atoms with E-state index >= 15 is 0 Å². The van der Waals surface area contributed by atoms with Crippen molar-refractivity contribution >= 4 is 22.9 Å². The predicted molar refractivity (Wildman–Crippen MR) is 110 cm³/mol. The number of aliphatic hydroxyl groups excluding tert-OH is 1. The summed E-state index contributed by atoms with van der Waals surface area (Å²) in [6, 6.07) is 6.71. The Bertz CT molecular complexity index is 1160. The summed E-state index contributed by atoms with van der Waals surface area (Å²) in [7, 11) is 0. The van der Waals surface area contributed by atoms with Crippen LogP contribution in [-0.4, -0.2) is 17.5 Å². The van der Waals surface area contributed by atoms with Gasteiger partial charge in [0.25, 0.3) is 0 Å². The Morgan fingerprint density at radius 2 is 1.76 bits per heavy atom. The van der Waals surface area contributed by atoms with Crippen molar-refractivity contribution in [1.29, 1.82) is 0 Å². The van der Waals surface area contributed by atoms with Gasteiger partial charge in [0.2, 0.25) is 5.82 Å². The summed E-state index contributed by atoms with van der Waals surface area (Å²) in [4.78, 5) is -0.992. The van der Waals surface area contributed by atoms with E-state index in [1.165, 1.54) is 29.6 Å². The van der Waals surface area contributed by atoms with Crippen molar-refractivity contribution in [2.75, 3.05) is 0 Å². The fourth-order valence-electron chi connectivity index (χ4n) is 3.36. The molecule has 0 bridgehead atoms. The molecule has 0 radical (unpaired) electrons. The zero-order chi connectivity index (χ0) is 23.9. The highest BCUT2D eigenvalue weighted by Crippen LogP contribution is 2.42. The van der Waals surface area contributed by atoms with Gasteiger partial charge in [0.15, 0.2) is 23.7 Å². The average Bonchev–Trinajstić information content (AvgIpc) is 3.28. The molecule has 0 spiro atoms. The van der Waals surface area contributed by atoms with Crippen molar-refractivity contribution in [2.45, 2.75) is 38.0 Å². The number of hydrogen-bond donors (Lipinski definition) is 1. The van der Waals surface area contributed by atoms with Gasteiger partial charge < -0.3 is 14.6 Å². The van der Waals surface area contributed by atoms with E-state index in [4.69, 9.17) is 26.2 Å². The van der Waals surface area contributed by atoms with E-state index in [1.54, 1.807) is 0 Å². The van der Waals surface area contributed by atoms with Crippen molar-refractivity contribution in [3.05, 3.63) is 74.2 Å². The topological polar surface area (TPSA) is 42.0 Å². The van der Waals surface area contributed by atoms with Gasteiger partial charge in [-0.1, -0.05) is 23.7 Å². The van der Waals surface area contributed by atoms with Gasteiger partial charge in [-0.2, -0.15) is 17.6 Å². The van der Waals surface area contributed by atoms with Crippen LogP contribution in [0.15, 0.2) is 35.7 Å². The number of alkyl halides is 3. The number of rotatable bonds is 7. The van der Waals surface area contributed by atoms with Crippen LogP contribution in [0.1, 0.15) is 22.4 Å². The first-order valence-corrected chi connectivity index (χ1v) is 10.9. The average molecular weight is 509 g/mol. The summed E-state index contributed by atoms with van der Waals surface area (Å²) in [6.07, 6.45) is -6.20. The largest absolute Gasteiger partial charge is 0.483 e. The molecule has 1 aromatic heterocycles. The van der Waals surface area contributed by atoms with Crippen LogP contribution in [0.2, 0.25) is 5.02 Å². The smallest absolute Gasteiger partial charge is 0.426 e. The minimum absolute atomic E-state index is 0.106. The Kier molecular flexibility index (Phi) is 6.63. The summed E-state index contributed by atoms with van der Waals surface area (Å²) in [6.45, 7) is -0.842. The first-order chi connectivity index (χ1) is 15.6. The lowest BCUT2D eigenvalue weighted by Gasteiger charge is -2.14. The Hall–Kier alpha value is -2.27. The van der Waals surface area contributed by atoms with Gasteiger partial charge in [0, 0.05) is 10.6 Å². The normalized spacial score (nSPS) is 17.9. The maximum absolute atomic E-state index is 14.5. The summed E-state index contributed by atoms with van der Waals surface area (Å²) in [5.74, 6) is -5.38. The minimum Gasteiger partial charge on any atom is -0.483 e. The molecule has 1 aliphatic rings. The molecule has 2 heterocycles. The summed E-state index contributed by atoms with van der Waals surface area (Å²) < 4.78 is 93.8. The maximum atomic E-state index is 14.5. The van der Waals surface area contributed by atoms with Crippen LogP contribution < -0.4 is 4.74 Å². The first-order valence-electron chi connectivity index (χ1n) is 9.62. The SMILES string of the molecule is OC1OC1CCc1cc(F)c(OCc2c(-c3ccc(Cl)cc3)csc2C(F)(F)F)c(F)c1F. The second kappa shape index (κ2) is 9.17. The second-order valence-electron chi connectivity index (χ2n) is 7.33. The number of hydrogen-bond acceptors (Lipinski definition) is 4. The Labute approximate surface area is 193 Å². The van der Waals surface area contributed by atoms with E-state index in [2.05, 4.69) is 0 Å². The molecule has 0 saturated carbocycles. The monoisotopic (exact) mass is 508 g/mol. The van der Waals surface area contributed by atoms with Gasteiger partial charge >= 0.3 is 6.18 Å². The van der Waals surface area contributed by atoms with E-state index < -0.39 is 53.3 Å². The maximum Gasteiger partial charge on any atom is 0.426 e. The van der Waals surface area contributed by atoms with E-state index in [0.29, 0.717) is 21.9 Å². The van der Waals surface area contributed by atoms with Crippen LogP contribution in [0.25, 0.3) is 11.1 Å². The van der Waals surface area contributed by atoms with Gasteiger partial charge in [-0.05, 0) is 53.1 Å². The van der Waals surface area contributed by atoms with Crippen LogP contribution in [0.3, 0.4) is 0 Å². The predicted octanol–water partition coefficient (Wildman–Crippen LogP) is 6.73. The molecule has 1 N–H and O–H groups in total. The molecule has 0 aliphatic carbocycles. The molecule has 2 aromatic carbocycles.